The molecule has 3 rings (SSSR count). The topological polar surface area (TPSA) is 29.5 Å². The van der Waals surface area contributed by atoms with E-state index in [1.807, 2.05) is 0 Å². The predicted molar refractivity (Wildman–Crippen MR) is 101 cm³/mol. The quantitative estimate of drug-likeness (QED) is 0.350. The van der Waals surface area contributed by atoms with Gasteiger partial charge in [0.2, 0.25) is 0 Å². The molecule has 1 aliphatic rings. The number of ether oxygens (including phenoxy) is 1. The van der Waals surface area contributed by atoms with Crippen molar-refractivity contribution in [3.8, 4) is 0 Å². The lowest BCUT2D eigenvalue weighted by molar-refractivity contribution is -0.145. The van der Waals surface area contributed by atoms with Gasteiger partial charge in [0.05, 0.1) is 16.7 Å². The maximum atomic E-state index is 13.5. The van der Waals surface area contributed by atoms with Crippen LogP contribution in [0.2, 0.25) is 0 Å². The summed E-state index contributed by atoms with van der Waals surface area (Å²) in [6.07, 6.45) is -15.2. The van der Waals surface area contributed by atoms with Gasteiger partial charge in [-0.3, -0.25) is 9.69 Å². The second-order valence-electron chi connectivity index (χ2n) is 7.90. The van der Waals surface area contributed by atoms with Crippen LogP contribution in [0.15, 0.2) is 42.5 Å². The van der Waals surface area contributed by atoms with E-state index in [0.717, 1.165) is 31.2 Å². The van der Waals surface area contributed by atoms with Crippen LogP contribution < -0.4 is 0 Å². The highest BCUT2D eigenvalue weighted by Crippen LogP contribution is 2.41. The molecule has 0 N–H and O–H groups in total. The Labute approximate surface area is 188 Å². The van der Waals surface area contributed by atoms with E-state index in [-0.39, 0.29) is 13.0 Å². The Morgan fingerprint density at radius 3 is 1.94 bits per heavy atom. The number of carbonyl (C=O) groups is 1. The van der Waals surface area contributed by atoms with Gasteiger partial charge in [-0.1, -0.05) is 12.1 Å². The highest BCUT2D eigenvalue weighted by atomic mass is 19.4. The monoisotopic (exact) mass is 499 g/mol. The first-order chi connectivity index (χ1) is 15.6. The Morgan fingerprint density at radius 1 is 0.882 bits per heavy atom. The third-order valence-corrected chi connectivity index (χ3v) is 5.43. The second kappa shape index (κ2) is 9.12. The molecular weight excluding hydrogens is 481 g/mol. The van der Waals surface area contributed by atoms with E-state index < -0.39 is 65.4 Å². The summed E-state index contributed by atoms with van der Waals surface area (Å²) < 4.78 is 124. The number of nitrogens with zero attached hydrogens (tertiary/aromatic N) is 1. The molecule has 0 radical (unpaired) electrons. The van der Waals surface area contributed by atoms with Crippen molar-refractivity contribution >= 4 is 5.97 Å². The molecule has 0 aromatic heterocycles. The lowest BCUT2D eigenvalue weighted by Gasteiger charge is -2.26. The molecule has 0 unspecified atom stereocenters. The molecule has 0 bridgehead atoms. The minimum Gasteiger partial charge on any atom is -0.461 e. The van der Waals surface area contributed by atoms with Crippen molar-refractivity contribution < 1.29 is 49.0 Å². The Hall–Kier alpha value is -2.76. The van der Waals surface area contributed by atoms with E-state index in [1.165, 1.54) is 4.90 Å². The minimum atomic E-state index is -4.93. The number of likely N-dealkylation sites (tertiary alicyclic amines) is 1. The Balaban J connectivity index is 1.99. The Morgan fingerprint density at radius 2 is 1.44 bits per heavy atom. The first kappa shape index (κ1) is 25.9. The summed E-state index contributed by atoms with van der Waals surface area (Å²) in [5.41, 5.74) is -3.82. The van der Waals surface area contributed by atoms with Gasteiger partial charge in [0.1, 0.15) is 6.10 Å². The van der Waals surface area contributed by atoms with Crippen LogP contribution in [0.1, 0.15) is 47.2 Å². The highest BCUT2D eigenvalue weighted by molar-refractivity contribution is 5.66. The van der Waals surface area contributed by atoms with Gasteiger partial charge in [0.25, 0.3) is 0 Å². The molecule has 12 heteroatoms. The van der Waals surface area contributed by atoms with Crippen LogP contribution in [0.4, 0.5) is 39.5 Å². The van der Waals surface area contributed by atoms with Crippen molar-refractivity contribution in [1.82, 2.24) is 4.90 Å². The smallest absolute Gasteiger partial charge is 0.416 e. The van der Waals surface area contributed by atoms with E-state index in [9.17, 15) is 44.3 Å². The molecule has 1 saturated heterocycles. The molecule has 0 amide bonds. The number of halogens is 9. The van der Waals surface area contributed by atoms with Gasteiger partial charge in [-0.25, -0.2) is 0 Å². The average Bonchev–Trinajstić information content (AvgIpc) is 3.07. The maximum absolute atomic E-state index is 13.5. The summed E-state index contributed by atoms with van der Waals surface area (Å²) in [6.45, 7) is 0.408. The molecule has 1 fully saturated rings. The standard InChI is InChI=1S/C22H18F9NO2/c1-12(33)34-17-9-19(13-2-4-15(5-3-13)20(23,24)25)32(11-17)10-14-8-16(21(26,27)28)6-7-18(14)22(29,30)31/h2-8,17,19H,9-11H2,1H3/t17-,19+/m0/s1. The number of carbonyl (C=O) groups excluding carboxylic acids is 1. The Kier molecular flexibility index (Phi) is 6.94. The molecule has 2 atom stereocenters. The van der Waals surface area contributed by atoms with Crippen molar-refractivity contribution in [1.29, 1.82) is 0 Å². The molecule has 3 nitrogen and oxygen atoms in total. The third kappa shape index (κ3) is 6.02. The summed E-state index contributed by atoms with van der Waals surface area (Å²) in [5.74, 6) is -0.673. The number of hydrogen-bond donors (Lipinski definition) is 0. The fraction of sp³-hybridized carbons (Fsp3) is 0.409. The van der Waals surface area contributed by atoms with Crippen LogP contribution in [0.3, 0.4) is 0 Å². The van der Waals surface area contributed by atoms with Crippen LogP contribution in [-0.2, 0) is 34.6 Å². The predicted octanol–water partition coefficient (Wildman–Crippen LogP) is 6.62. The molecule has 34 heavy (non-hydrogen) atoms. The lowest BCUT2D eigenvalue weighted by Crippen LogP contribution is -2.27. The van der Waals surface area contributed by atoms with Gasteiger partial charge in [-0.2, -0.15) is 39.5 Å². The second-order valence-corrected chi connectivity index (χ2v) is 7.90. The molecule has 186 valence electrons. The van der Waals surface area contributed by atoms with E-state index in [0.29, 0.717) is 23.8 Å². The third-order valence-electron chi connectivity index (χ3n) is 5.43. The minimum absolute atomic E-state index is 0.0469. The van der Waals surface area contributed by atoms with E-state index in [1.54, 1.807) is 0 Å². The van der Waals surface area contributed by atoms with Crippen molar-refractivity contribution in [2.24, 2.45) is 0 Å². The summed E-state index contributed by atoms with van der Waals surface area (Å²) in [4.78, 5) is 12.7. The van der Waals surface area contributed by atoms with Gasteiger partial charge < -0.3 is 4.74 Å². The fourth-order valence-corrected chi connectivity index (χ4v) is 3.99. The molecule has 2 aromatic rings. The molecule has 0 spiro atoms. The van der Waals surface area contributed by atoms with Crippen LogP contribution in [0, 0.1) is 0 Å². The molecule has 1 aliphatic heterocycles. The Bertz CT molecular complexity index is 1030. The number of benzene rings is 2. The first-order valence-corrected chi connectivity index (χ1v) is 9.91. The zero-order valence-electron chi connectivity index (χ0n) is 17.5. The van der Waals surface area contributed by atoms with E-state index in [2.05, 4.69) is 0 Å². The number of rotatable bonds is 4. The molecular formula is C22H18F9NO2. The van der Waals surface area contributed by atoms with Gasteiger partial charge in [-0.05, 0) is 41.5 Å². The number of esters is 1. The molecule has 0 aliphatic carbocycles. The van der Waals surface area contributed by atoms with Crippen molar-refractivity contribution in [2.75, 3.05) is 6.54 Å². The van der Waals surface area contributed by atoms with Crippen LogP contribution in [0.25, 0.3) is 0 Å². The van der Waals surface area contributed by atoms with Crippen LogP contribution in [-0.4, -0.2) is 23.5 Å². The highest BCUT2D eigenvalue weighted by Gasteiger charge is 2.40. The SMILES string of the molecule is CC(=O)O[C@H]1C[C@H](c2ccc(C(F)(F)F)cc2)N(Cc2cc(C(F)(F)F)ccc2C(F)(F)F)C1. The van der Waals surface area contributed by atoms with Gasteiger partial charge in [-0.15, -0.1) is 0 Å². The van der Waals surface area contributed by atoms with Gasteiger partial charge >= 0.3 is 24.5 Å². The van der Waals surface area contributed by atoms with Crippen LogP contribution >= 0.6 is 0 Å². The zero-order chi connectivity index (χ0) is 25.5. The molecule has 0 saturated carbocycles. The van der Waals surface area contributed by atoms with Crippen molar-refractivity contribution in [3.05, 3.63) is 70.3 Å². The maximum Gasteiger partial charge on any atom is 0.416 e. The average molecular weight is 499 g/mol. The van der Waals surface area contributed by atoms with Crippen molar-refractivity contribution in [3.63, 3.8) is 0 Å². The lowest BCUT2D eigenvalue weighted by atomic mass is 9.99. The normalized spacial score (nSPS) is 19.9. The molecule has 1 heterocycles. The summed E-state index contributed by atoms with van der Waals surface area (Å²) in [5, 5.41) is 0. The van der Waals surface area contributed by atoms with Gasteiger partial charge in [0.15, 0.2) is 0 Å². The summed E-state index contributed by atoms with van der Waals surface area (Å²) in [7, 11) is 0. The van der Waals surface area contributed by atoms with Crippen molar-refractivity contribution in [2.45, 2.75) is 50.6 Å². The molecule has 2 aromatic carbocycles. The number of alkyl halides is 9. The largest absolute Gasteiger partial charge is 0.461 e. The summed E-state index contributed by atoms with van der Waals surface area (Å²) >= 11 is 0. The fourth-order valence-electron chi connectivity index (χ4n) is 3.99. The number of hydrogen-bond acceptors (Lipinski definition) is 3. The van der Waals surface area contributed by atoms with E-state index >= 15 is 0 Å². The van der Waals surface area contributed by atoms with Crippen LogP contribution in [0.5, 0.6) is 0 Å². The zero-order valence-corrected chi connectivity index (χ0v) is 17.5. The first-order valence-electron chi connectivity index (χ1n) is 9.91. The van der Waals surface area contributed by atoms with Gasteiger partial charge in [0, 0.05) is 32.5 Å². The van der Waals surface area contributed by atoms with E-state index in [4.69, 9.17) is 4.74 Å². The summed E-state index contributed by atoms with van der Waals surface area (Å²) in [6, 6.07) is 4.21.